The Labute approximate surface area is 202 Å². The Morgan fingerprint density at radius 3 is 2.51 bits per heavy atom. The second kappa shape index (κ2) is 8.63. The SMILES string of the molecule is NC(=O)c1cn(-c2ccc3c(c2)CCC3)c2nc(N(c3ccccc3)N3CCCC3)ncc2c1=O. The molecule has 0 atom stereocenters. The van der Waals surface area contributed by atoms with Crippen LogP contribution in [0.4, 0.5) is 11.6 Å². The van der Waals surface area contributed by atoms with Gasteiger partial charge in [-0.15, -0.1) is 0 Å². The fourth-order valence-electron chi connectivity index (χ4n) is 5.16. The first-order valence-corrected chi connectivity index (χ1v) is 12.0. The summed E-state index contributed by atoms with van der Waals surface area (Å²) >= 11 is 0. The Hall–Kier alpha value is -4.04. The molecule has 1 amide bonds. The maximum absolute atomic E-state index is 13.1. The standard InChI is InChI=1S/C27H26N6O2/c28-25(35)23-17-32(21-12-11-18-7-6-8-19(18)15-21)26-22(24(23)34)16-29-27(30-26)33(31-13-4-5-14-31)20-9-2-1-3-10-20/h1-3,9-12,15-17H,4-8,13-14H2,(H2,28,35). The van der Waals surface area contributed by atoms with E-state index in [0.717, 1.165) is 56.6 Å². The zero-order chi connectivity index (χ0) is 23.9. The van der Waals surface area contributed by atoms with E-state index in [0.29, 0.717) is 11.6 Å². The average molecular weight is 467 g/mol. The van der Waals surface area contributed by atoms with Crippen LogP contribution in [0.25, 0.3) is 16.7 Å². The molecule has 3 heterocycles. The summed E-state index contributed by atoms with van der Waals surface area (Å²) in [7, 11) is 0. The number of carbonyl (C=O) groups excluding carboxylic acids is 1. The first-order chi connectivity index (χ1) is 17.1. The second-order valence-corrected chi connectivity index (χ2v) is 9.13. The van der Waals surface area contributed by atoms with E-state index in [1.54, 1.807) is 4.57 Å². The summed E-state index contributed by atoms with van der Waals surface area (Å²) in [6.07, 6.45) is 8.44. The quantitative estimate of drug-likeness (QED) is 0.483. The van der Waals surface area contributed by atoms with E-state index >= 15 is 0 Å². The summed E-state index contributed by atoms with van der Waals surface area (Å²) in [5.41, 5.74) is 9.91. The zero-order valence-corrected chi connectivity index (χ0v) is 19.4. The van der Waals surface area contributed by atoms with E-state index in [9.17, 15) is 9.59 Å². The number of nitrogens with two attached hydrogens (primary N) is 1. The van der Waals surface area contributed by atoms with Crippen molar-refractivity contribution in [1.82, 2.24) is 19.5 Å². The summed E-state index contributed by atoms with van der Waals surface area (Å²) in [5.74, 6) is -0.286. The highest BCUT2D eigenvalue weighted by Crippen LogP contribution is 2.29. The van der Waals surface area contributed by atoms with Crippen molar-refractivity contribution < 1.29 is 4.79 Å². The van der Waals surface area contributed by atoms with Crippen LogP contribution >= 0.6 is 0 Å². The van der Waals surface area contributed by atoms with Gasteiger partial charge in [-0.3, -0.25) is 9.59 Å². The highest BCUT2D eigenvalue weighted by Gasteiger charge is 2.25. The lowest BCUT2D eigenvalue weighted by atomic mass is 10.1. The van der Waals surface area contributed by atoms with Crippen molar-refractivity contribution in [3.8, 4) is 5.69 Å². The molecule has 4 aromatic rings. The number of primary amides is 1. The van der Waals surface area contributed by atoms with E-state index in [1.165, 1.54) is 23.5 Å². The molecule has 2 aromatic heterocycles. The number of aromatic nitrogens is 3. The van der Waals surface area contributed by atoms with Crippen LogP contribution in [-0.2, 0) is 12.8 Å². The highest BCUT2D eigenvalue weighted by atomic mass is 16.2. The van der Waals surface area contributed by atoms with Gasteiger partial charge in [0.1, 0.15) is 5.56 Å². The molecule has 0 saturated carbocycles. The molecular weight excluding hydrogens is 440 g/mol. The van der Waals surface area contributed by atoms with Gasteiger partial charge in [0.15, 0.2) is 5.65 Å². The van der Waals surface area contributed by atoms with Gasteiger partial charge in [0, 0.05) is 31.2 Å². The van der Waals surface area contributed by atoms with Gasteiger partial charge in [0.2, 0.25) is 11.4 Å². The number of carbonyl (C=O) groups is 1. The Balaban J connectivity index is 1.58. The highest BCUT2D eigenvalue weighted by molar-refractivity contribution is 5.96. The number of hydrazine groups is 1. The minimum Gasteiger partial charge on any atom is -0.365 e. The van der Waals surface area contributed by atoms with E-state index in [-0.39, 0.29) is 10.9 Å². The number of pyridine rings is 1. The summed E-state index contributed by atoms with van der Waals surface area (Å²) in [6, 6.07) is 16.2. The van der Waals surface area contributed by atoms with Gasteiger partial charge in [-0.05, 0) is 67.5 Å². The third-order valence-corrected chi connectivity index (χ3v) is 6.91. The maximum atomic E-state index is 13.1. The van der Waals surface area contributed by atoms with Crippen molar-refractivity contribution in [3.05, 3.63) is 87.8 Å². The molecule has 0 bridgehead atoms. The number of anilines is 2. The normalized spacial score (nSPS) is 15.4. The van der Waals surface area contributed by atoms with Gasteiger partial charge >= 0.3 is 0 Å². The molecule has 0 spiro atoms. The maximum Gasteiger partial charge on any atom is 0.254 e. The number of amides is 1. The molecule has 1 fully saturated rings. The average Bonchev–Trinajstić information content (AvgIpc) is 3.57. The van der Waals surface area contributed by atoms with Crippen LogP contribution in [0, 0.1) is 0 Å². The summed E-state index contributed by atoms with van der Waals surface area (Å²) in [4.78, 5) is 34.8. The molecule has 8 nitrogen and oxygen atoms in total. The van der Waals surface area contributed by atoms with Crippen LogP contribution in [-0.4, -0.2) is 38.5 Å². The molecule has 1 aliphatic carbocycles. The number of fused-ring (bicyclic) bond motifs is 2. The molecule has 1 aliphatic heterocycles. The van der Waals surface area contributed by atoms with Crippen LogP contribution in [0.5, 0.6) is 0 Å². The summed E-state index contributed by atoms with van der Waals surface area (Å²) in [5, 5.41) is 4.51. The van der Waals surface area contributed by atoms with Gasteiger partial charge in [0.05, 0.1) is 11.1 Å². The molecule has 0 radical (unpaired) electrons. The Bertz CT molecular complexity index is 1490. The Kier molecular flexibility index (Phi) is 5.30. The van der Waals surface area contributed by atoms with Crippen molar-refractivity contribution in [2.45, 2.75) is 32.1 Å². The number of rotatable bonds is 5. The number of aryl methyl sites for hydroxylation is 2. The molecular formula is C27H26N6O2. The Morgan fingerprint density at radius 1 is 0.971 bits per heavy atom. The fourth-order valence-corrected chi connectivity index (χ4v) is 5.16. The van der Waals surface area contributed by atoms with Crippen molar-refractivity contribution >= 4 is 28.6 Å². The summed E-state index contributed by atoms with van der Waals surface area (Å²) in [6.45, 7) is 1.79. The predicted molar refractivity (Wildman–Crippen MR) is 135 cm³/mol. The van der Waals surface area contributed by atoms with Crippen molar-refractivity contribution in [3.63, 3.8) is 0 Å². The molecule has 35 heavy (non-hydrogen) atoms. The number of para-hydroxylation sites is 1. The number of nitrogens with zero attached hydrogens (tertiary/aromatic N) is 5. The van der Waals surface area contributed by atoms with Crippen molar-refractivity contribution in [1.29, 1.82) is 0 Å². The van der Waals surface area contributed by atoms with Crippen LogP contribution in [0.2, 0.25) is 0 Å². The molecule has 2 N–H and O–H groups in total. The lowest BCUT2D eigenvalue weighted by Crippen LogP contribution is -2.38. The summed E-state index contributed by atoms with van der Waals surface area (Å²) < 4.78 is 1.80. The number of hydrogen-bond acceptors (Lipinski definition) is 6. The second-order valence-electron chi connectivity index (χ2n) is 9.13. The zero-order valence-electron chi connectivity index (χ0n) is 19.4. The van der Waals surface area contributed by atoms with Gasteiger partial charge in [-0.2, -0.15) is 4.98 Å². The van der Waals surface area contributed by atoms with Crippen molar-refractivity contribution in [2.24, 2.45) is 5.73 Å². The van der Waals surface area contributed by atoms with E-state index in [2.05, 4.69) is 22.1 Å². The first-order valence-electron chi connectivity index (χ1n) is 12.0. The molecule has 176 valence electrons. The number of hydrogen-bond donors (Lipinski definition) is 1. The van der Waals surface area contributed by atoms with Crippen LogP contribution in [0.1, 0.15) is 40.7 Å². The van der Waals surface area contributed by atoms with Gasteiger partial charge < -0.3 is 10.3 Å². The van der Waals surface area contributed by atoms with Crippen LogP contribution in [0.3, 0.4) is 0 Å². The molecule has 6 rings (SSSR count). The van der Waals surface area contributed by atoms with Crippen LogP contribution < -0.4 is 16.2 Å². The molecule has 0 unspecified atom stereocenters. The number of benzene rings is 2. The lowest BCUT2D eigenvalue weighted by molar-refractivity contribution is 0.0999. The van der Waals surface area contributed by atoms with E-state index in [4.69, 9.17) is 10.7 Å². The minimum atomic E-state index is -0.765. The van der Waals surface area contributed by atoms with Crippen LogP contribution in [0.15, 0.2) is 65.7 Å². The third kappa shape index (κ3) is 3.76. The Morgan fingerprint density at radius 2 is 1.74 bits per heavy atom. The predicted octanol–water partition coefficient (Wildman–Crippen LogP) is 3.52. The van der Waals surface area contributed by atoms with Gasteiger partial charge in [-0.1, -0.05) is 24.3 Å². The fraction of sp³-hybridized carbons (Fsp3) is 0.259. The lowest BCUT2D eigenvalue weighted by Gasteiger charge is -2.31. The smallest absolute Gasteiger partial charge is 0.254 e. The van der Waals surface area contributed by atoms with Crippen molar-refractivity contribution in [2.75, 3.05) is 18.1 Å². The van der Waals surface area contributed by atoms with E-state index < -0.39 is 11.3 Å². The van der Waals surface area contributed by atoms with Gasteiger partial charge in [0.25, 0.3) is 5.91 Å². The topological polar surface area (TPSA) is 97.3 Å². The molecule has 8 heteroatoms. The first kappa shape index (κ1) is 21.5. The largest absolute Gasteiger partial charge is 0.365 e. The third-order valence-electron chi connectivity index (χ3n) is 6.91. The minimum absolute atomic E-state index is 0.0752. The molecule has 2 aliphatic rings. The molecule has 2 aromatic carbocycles. The molecule has 1 saturated heterocycles. The van der Waals surface area contributed by atoms with E-state index in [1.807, 2.05) is 41.4 Å². The monoisotopic (exact) mass is 466 g/mol. The van der Waals surface area contributed by atoms with Gasteiger partial charge in [-0.25, -0.2) is 15.0 Å².